The molecule has 0 radical (unpaired) electrons. The van der Waals surface area contributed by atoms with Crippen LogP contribution < -0.4 is 14.8 Å². The number of pyridine rings is 2. The molecule has 2 N–H and O–H groups in total. The van der Waals surface area contributed by atoms with E-state index in [2.05, 4.69) is 20.0 Å². The fourth-order valence-corrected chi connectivity index (χ4v) is 4.48. The number of hydrogen-bond donors (Lipinski definition) is 2. The molecule has 0 fully saturated rings. The molecule has 0 unspecified atom stereocenters. The first-order valence-electron chi connectivity index (χ1n) is 9.60. The highest BCUT2D eigenvalue weighted by Crippen LogP contribution is 2.36. The van der Waals surface area contributed by atoms with Crippen molar-refractivity contribution in [2.45, 2.75) is 13.3 Å². The van der Waals surface area contributed by atoms with Crippen molar-refractivity contribution in [2.75, 3.05) is 22.9 Å². The van der Waals surface area contributed by atoms with Crippen molar-refractivity contribution in [1.29, 1.82) is 0 Å². The Morgan fingerprint density at radius 3 is 2.63 bits per heavy atom. The topological polar surface area (TPSA) is 93.2 Å². The number of nitrogens with one attached hydrogen (secondary N) is 2. The molecule has 7 nitrogen and oxygen atoms in total. The molecule has 0 aliphatic rings. The van der Waals surface area contributed by atoms with Gasteiger partial charge in [-0.05, 0) is 36.8 Å². The summed E-state index contributed by atoms with van der Waals surface area (Å²) in [4.78, 5) is 9.02. The van der Waals surface area contributed by atoms with Crippen LogP contribution in [0.1, 0.15) is 13.3 Å². The Morgan fingerprint density at radius 2 is 1.83 bits per heavy atom. The molecular formula is C22H22N4O3S. The van der Waals surface area contributed by atoms with E-state index in [1.165, 1.54) is 0 Å². The van der Waals surface area contributed by atoms with E-state index in [4.69, 9.17) is 4.74 Å². The summed E-state index contributed by atoms with van der Waals surface area (Å²) in [5.41, 5.74) is 3.49. The van der Waals surface area contributed by atoms with Gasteiger partial charge in [0.2, 0.25) is 10.0 Å². The third kappa shape index (κ3) is 3.99. The monoisotopic (exact) mass is 422 g/mol. The number of nitrogens with zero attached hydrogens (tertiary/aromatic N) is 2. The van der Waals surface area contributed by atoms with Gasteiger partial charge in [0.15, 0.2) is 5.65 Å². The van der Waals surface area contributed by atoms with Crippen LogP contribution in [-0.2, 0) is 10.0 Å². The van der Waals surface area contributed by atoms with Gasteiger partial charge in [-0.3, -0.25) is 4.72 Å². The Labute approximate surface area is 175 Å². The predicted molar refractivity (Wildman–Crippen MR) is 121 cm³/mol. The molecule has 30 heavy (non-hydrogen) atoms. The van der Waals surface area contributed by atoms with Crippen LogP contribution in [0.3, 0.4) is 0 Å². The van der Waals surface area contributed by atoms with Gasteiger partial charge in [-0.25, -0.2) is 18.4 Å². The van der Waals surface area contributed by atoms with Crippen molar-refractivity contribution >= 4 is 49.0 Å². The molecule has 0 saturated heterocycles. The maximum atomic E-state index is 12.1. The summed E-state index contributed by atoms with van der Waals surface area (Å²) in [6, 6.07) is 16.8. The van der Waals surface area contributed by atoms with Gasteiger partial charge in [0.25, 0.3) is 0 Å². The molecule has 0 saturated carbocycles. The van der Waals surface area contributed by atoms with E-state index in [-0.39, 0.29) is 5.75 Å². The molecule has 4 rings (SSSR count). The molecule has 0 atom stereocenters. The maximum absolute atomic E-state index is 12.1. The Bertz CT molecular complexity index is 1270. The summed E-state index contributed by atoms with van der Waals surface area (Å²) >= 11 is 0. The first-order chi connectivity index (χ1) is 14.5. The van der Waals surface area contributed by atoms with E-state index < -0.39 is 10.0 Å². The number of anilines is 3. The minimum Gasteiger partial charge on any atom is -0.494 e. The lowest BCUT2D eigenvalue weighted by Crippen LogP contribution is -2.16. The number of benzene rings is 2. The zero-order chi connectivity index (χ0) is 21.1. The lowest BCUT2D eigenvalue weighted by molar-refractivity contribution is 0.417. The second-order valence-electron chi connectivity index (χ2n) is 6.84. The number of ether oxygens (including phenoxy) is 1. The molecule has 154 valence electrons. The summed E-state index contributed by atoms with van der Waals surface area (Å²) in [6.45, 7) is 1.82. The van der Waals surface area contributed by atoms with E-state index in [1.807, 2.05) is 43.3 Å². The fourth-order valence-electron chi connectivity index (χ4n) is 3.35. The average molecular weight is 423 g/mol. The third-order valence-electron chi connectivity index (χ3n) is 4.66. The SMILES string of the molecule is CCCS(=O)(=O)Nc1ccc(Nc2c3ccccc3nc3ncccc23)c(OC)c1. The van der Waals surface area contributed by atoms with Gasteiger partial charge in [-0.15, -0.1) is 0 Å². The minimum absolute atomic E-state index is 0.0668. The molecule has 0 spiro atoms. The lowest BCUT2D eigenvalue weighted by Gasteiger charge is -2.16. The van der Waals surface area contributed by atoms with Gasteiger partial charge in [0, 0.05) is 23.0 Å². The van der Waals surface area contributed by atoms with E-state index in [0.717, 1.165) is 22.0 Å². The molecule has 2 heterocycles. The fraction of sp³-hybridized carbons (Fsp3) is 0.182. The summed E-state index contributed by atoms with van der Waals surface area (Å²) in [6.07, 6.45) is 2.26. The standard InChI is InChI=1S/C22H22N4O3S/c1-3-13-30(27,28)26-15-10-11-19(20(14-15)29-2)24-21-16-7-4-5-9-18(16)25-22-17(21)8-6-12-23-22/h4-12,14,26H,3,13H2,1-2H3,(H,23,24,25). The molecule has 0 bridgehead atoms. The van der Waals surface area contributed by atoms with Crippen LogP contribution in [0, 0.1) is 0 Å². The van der Waals surface area contributed by atoms with Crippen molar-refractivity contribution in [3.8, 4) is 5.75 Å². The molecule has 2 aromatic heterocycles. The Balaban J connectivity index is 1.78. The molecule has 0 aliphatic carbocycles. The van der Waals surface area contributed by atoms with Crippen LogP contribution in [0.4, 0.5) is 17.1 Å². The lowest BCUT2D eigenvalue weighted by atomic mass is 10.1. The van der Waals surface area contributed by atoms with Crippen molar-refractivity contribution in [2.24, 2.45) is 0 Å². The number of aromatic nitrogens is 2. The number of methoxy groups -OCH3 is 1. The van der Waals surface area contributed by atoms with Gasteiger partial charge < -0.3 is 10.1 Å². The first kappa shape index (κ1) is 19.9. The second-order valence-corrected chi connectivity index (χ2v) is 8.68. The van der Waals surface area contributed by atoms with Crippen LogP contribution in [0.15, 0.2) is 60.8 Å². The predicted octanol–water partition coefficient (Wildman–Crippen LogP) is 4.69. The summed E-state index contributed by atoms with van der Waals surface area (Å²) in [7, 11) is -1.83. The van der Waals surface area contributed by atoms with E-state index in [0.29, 0.717) is 29.2 Å². The molecular weight excluding hydrogens is 400 g/mol. The van der Waals surface area contributed by atoms with E-state index in [1.54, 1.807) is 31.5 Å². The van der Waals surface area contributed by atoms with Gasteiger partial charge in [-0.1, -0.05) is 25.1 Å². The zero-order valence-corrected chi connectivity index (χ0v) is 17.5. The normalized spacial score (nSPS) is 11.5. The highest BCUT2D eigenvalue weighted by Gasteiger charge is 2.14. The van der Waals surface area contributed by atoms with Crippen molar-refractivity contribution in [1.82, 2.24) is 9.97 Å². The summed E-state index contributed by atoms with van der Waals surface area (Å²) < 4.78 is 32.3. The maximum Gasteiger partial charge on any atom is 0.232 e. The molecule has 8 heteroatoms. The summed E-state index contributed by atoms with van der Waals surface area (Å²) in [5.74, 6) is 0.585. The quantitative estimate of drug-likeness (QED) is 0.420. The van der Waals surface area contributed by atoms with Crippen LogP contribution in [0.2, 0.25) is 0 Å². The Kier molecular flexibility index (Phi) is 5.41. The van der Waals surface area contributed by atoms with E-state index in [9.17, 15) is 8.42 Å². The number of hydrogen-bond acceptors (Lipinski definition) is 6. The van der Waals surface area contributed by atoms with Crippen LogP contribution in [0.25, 0.3) is 21.9 Å². The zero-order valence-electron chi connectivity index (χ0n) is 16.7. The Morgan fingerprint density at radius 1 is 1.03 bits per heavy atom. The van der Waals surface area contributed by atoms with Crippen LogP contribution in [-0.4, -0.2) is 31.2 Å². The number of sulfonamides is 1. The highest BCUT2D eigenvalue weighted by atomic mass is 32.2. The molecule has 0 aliphatic heterocycles. The average Bonchev–Trinajstić information content (AvgIpc) is 2.74. The molecule has 0 amide bonds. The van der Waals surface area contributed by atoms with Crippen molar-refractivity contribution in [3.63, 3.8) is 0 Å². The second kappa shape index (κ2) is 8.16. The van der Waals surface area contributed by atoms with E-state index >= 15 is 0 Å². The van der Waals surface area contributed by atoms with Gasteiger partial charge >= 0.3 is 0 Å². The van der Waals surface area contributed by atoms with Crippen molar-refractivity contribution < 1.29 is 13.2 Å². The largest absolute Gasteiger partial charge is 0.494 e. The smallest absolute Gasteiger partial charge is 0.232 e. The van der Waals surface area contributed by atoms with Crippen molar-refractivity contribution in [3.05, 3.63) is 60.8 Å². The Hall–Kier alpha value is -3.39. The number of rotatable bonds is 7. The first-order valence-corrected chi connectivity index (χ1v) is 11.2. The third-order valence-corrected chi connectivity index (χ3v) is 6.16. The molecule has 4 aromatic rings. The summed E-state index contributed by atoms with van der Waals surface area (Å²) in [5, 5.41) is 5.27. The van der Waals surface area contributed by atoms with Gasteiger partial charge in [0.1, 0.15) is 5.75 Å². The highest BCUT2D eigenvalue weighted by molar-refractivity contribution is 7.92. The van der Waals surface area contributed by atoms with Crippen LogP contribution >= 0.6 is 0 Å². The van der Waals surface area contributed by atoms with Gasteiger partial charge in [0.05, 0.1) is 35.4 Å². The van der Waals surface area contributed by atoms with Gasteiger partial charge in [-0.2, -0.15) is 0 Å². The van der Waals surface area contributed by atoms with Crippen LogP contribution in [0.5, 0.6) is 5.75 Å². The number of fused-ring (bicyclic) bond motifs is 2. The minimum atomic E-state index is -3.38. The number of para-hydroxylation sites is 1. The molecule has 2 aromatic carbocycles.